The topological polar surface area (TPSA) is 78.3 Å². The van der Waals surface area contributed by atoms with Gasteiger partial charge in [-0.2, -0.15) is 0 Å². The fourth-order valence-electron chi connectivity index (χ4n) is 0.409. The fraction of sp³-hybridized carbons (Fsp3) is 0.714. The summed E-state index contributed by atoms with van der Waals surface area (Å²) in [6.07, 6.45) is 1.64. The molecule has 0 spiro atoms. The highest BCUT2D eigenvalue weighted by atomic mass is 32.2. The van der Waals surface area contributed by atoms with E-state index in [1.165, 1.54) is 0 Å². The maximum absolute atomic E-state index is 11.2. The van der Waals surface area contributed by atoms with Crippen LogP contribution in [0.4, 0.5) is 4.79 Å². The number of carbonyl (C=O) groups excluding carboxylic acids is 1. The Balaban J connectivity index is 4.36. The molecule has 12 heavy (non-hydrogen) atoms. The lowest BCUT2D eigenvalue weighted by molar-refractivity contribution is 0.0737. The molecule has 0 fully saturated rings. The van der Waals surface area contributed by atoms with Crippen molar-refractivity contribution in [3.05, 3.63) is 0 Å². The summed E-state index contributed by atoms with van der Waals surface area (Å²) in [7, 11) is -0.802. The Morgan fingerprint density at radius 3 is 2.00 bits per heavy atom. The molecule has 0 bridgehead atoms. The van der Waals surface area contributed by atoms with Crippen molar-refractivity contribution < 1.29 is 9.53 Å². The Morgan fingerprint density at radius 2 is 1.75 bits per heavy atom. The van der Waals surface area contributed by atoms with E-state index in [1.54, 1.807) is 27.0 Å². The Bertz CT molecular complexity index is 214. The van der Waals surface area contributed by atoms with Gasteiger partial charge in [0, 0.05) is 0 Å². The second-order valence-electron chi connectivity index (χ2n) is 3.38. The molecule has 0 aliphatic carbocycles. The fourth-order valence-corrected chi connectivity index (χ4v) is 0.976. The van der Waals surface area contributed by atoms with Crippen LogP contribution in [0.1, 0.15) is 20.8 Å². The second-order valence-corrected chi connectivity index (χ2v) is 5.20. The first-order valence-electron chi connectivity index (χ1n) is 3.51. The summed E-state index contributed by atoms with van der Waals surface area (Å²) in [5.41, 5.74) is 10.0. The zero-order chi connectivity index (χ0) is 9.94. The molecular weight excluding hydrogens is 176 g/mol. The van der Waals surface area contributed by atoms with Crippen molar-refractivity contribution in [3.8, 4) is 0 Å². The first-order valence-corrected chi connectivity index (χ1v) is 5.14. The van der Waals surface area contributed by atoms with E-state index in [1.807, 2.05) is 0 Å². The lowest BCUT2D eigenvalue weighted by atomic mass is 10.2. The summed E-state index contributed by atoms with van der Waals surface area (Å²) in [5.74, 6) is 0. The van der Waals surface area contributed by atoms with Crippen molar-refractivity contribution in [2.75, 3.05) is 6.26 Å². The number of carbonyl (C=O) groups is 1. The minimum Gasteiger partial charge on any atom is -0.452 e. The zero-order valence-electron chi connectivity index (χ0n) is 7.88. The van der Waals surface area contributed by atoms with E-state index in [9.17, 15) is 4.79 Å². The molecule has 0 saturated heterocycles. The Morgan fingerprint density at radius 1 is 1.33 bits per heavy atom. The van der Waals surface area contributed by atoms with Crippen molar-refractivity contribution in [2.24, 2.45) is 11.5 Å². The van der Waals surface area contributed by atoms with Crippen LogP contribution in [0.3, 0.4) is 0 Å². The normalized spacial score (nSPS) is 13.8. The molecular formula is C7H16N2O2S. The van der Waals surface area contributed by atoms with Gasteiger partial charge in [-0.05, 0) is 27.0 Å². The molecule has 0 radical (unpaired) electrons. The van der Waals surface area contributed by atoms with Gasteiger partial charge >= 0.3 is 5.30 Å². The van der Waals surface area contributed by atoms with Crippen LogP contribution < -0.4 is 11.5 Å². The lowest BCUT2D eigenvalue weighted by Gasteiger charge is -2.19. The zero-order valence-corrected chi connectivity index (χ0v) is 8.70. The average Bonchev–Trinajstić information content (AvgIpc) is 1.82. The molecule has 0 aliphatic rings. The molecule has 0 amide bonds. The van der Waals surface area contributed by atoms with Crippen LogP contribution in [0.2, 0.25) is 0 Å². The van der Waals surface area contributed by atoms with Gasteiger partial charge in [0.15, 0.2) is 0 Å². The third-order valence-electron chi connectivity index (χ3n) is 0.993. The molecule has 4 nitrogen and oxygen atoms in total. The van der Waals surface area contributed by atoms with Crippen LogP contribution >= 0.6 is 10.5 Å². The molecule has 0 saturated carbocycles. The number of hydrogen-bond acceptors (Lipinski definition) is 2. The van der Waals surface area contributed by atoms with E-state index in [4.69, 9.17) is 16.2 Å². The summed E-state index contributed by atoms with van der Waals surface area (Å²) in [4.78, 5) is 11.2. The number of hydrogen-bond donors (Lipinski definition) is 2. The highest BCUT2D eigenvalue weighted by Gasteiger charge is 2.17. The Hall–Kier alpha value is -0.390. The van der Waals surface area contributed by atoms with E-state index in [0.29, 0.717) is 0 Å². The summed E-state index contributed by atoms with van der Waals surface area (Å²) in [6.45, 7) is 5.40. The van der Waals surface area contributed by atoms with Gasteiger partial charge in [-0.1, -0.05) is 10.5 Å². The molecule has 0 aromatic carbocycles. The number of nitrogens with two attached hydrogens (primary N) is 2. The molecule has 0 rings (SSSR count). The van der Waals surface area contributed by atoms with Gasteiger partial charge in [-0.25, -0.2) is 4.79 Å². The van der Waals surface area contributed by atoms with Crippen LogP contribution in [-0.2, 0) is 4.74 Å². The summed E-state index contributed by atoms with van der Waals surface area (Å²) < 4.78 is 5.05. The third-order valence-corrected chi connectivity index (χ3v) is 2.28. The van der Waals surface area contributed by atoms with Gasteiger partial charge < -0.3 is 4.74 Å². The molecule has 72 valence electrons. The third kappa shape index (κ3) is 4.48. The van der Waals surface area contributed by atoms with E-state index in [0.717, 1.165) is 0 Å². The monoisotopic (exact) mass is 192 g/mol. The lowest BCUT2D eigenvalue weighted by Crippen LogP contribution is -2.28. The first-order chi connectivity index (χ1) is 5.24. The van der Waals surface area contributed by atoms with E-state index >= 15 is 0 Å². The van der Waals surface area contributed by atoms with Crippen LogP contribution in [0, 0.1) is 0 Å². The summed E-state index contributed by atoms with van der Waals surface area (Å²) >= 11 is 0. The minimum atomic E-state index is -0.802. The van der Waals surface area contributed by atoms with Crippen molar-refractivity contribution in [1.82, 2.24) is 0 Å². The van der Waals surface area contributed by atoms with E-state index < -0.39 is 16.1 Å². The minimum absolute atomic E-state index is 0.115. The van der Waals surface area contributed by atoms with Crippen LogP contribution in [-0.4, -0.2) is 22.3 Å². The van der Waals surface area contributed by atoms with Gasteiger partial charge in [-0.15, -0.1) is 0 Å². The highest BCUT2D eigenvalue weighted by Crippen LogP contribution is 2.17. The molecule has 0 aromatic rings. The molecule has 1 unspecified atom stereocenters. The molecule has 0 aliphatic heterocycles. The quantitative estimate of drug-likeness (QED) is 0.440. The van der Waals surface area contributed by atoms with E-state index in [-0.39, 0.29) is 10.4 Å². The largest absolute Gasteiger partial charge is 0.452 e. The SMILES string of the molecule is CS(C(=O)OC(C)(C)C)=C(N)N. The smallest absolute Gasteiger partial charge is 0.364 e. The van der Waals surface area contributed by atoms with Crippen molar-refractivity contribution >= 4 is 20.9 Å². The van der Waals surface area contributed by atoms with Crippen molar-refractivity contribution in [1.29, 1.82) is 0 Å². The first kappa shape index (κ1) is 11.6. The van der Waals surface area contributed by atoms with Gasteiger partial charge in [-0.3, -0.25) is 11.5 Å². The predicted molar refractivity (Wildman–Crippen MR) is 53.1 cm³/mol. The average molecular weight is 192 g/mol. The van der Waals surface area contributed by atoms with Crippen LogP contribution in [0.25, 0.3) is 0 Å². The molecule has 5 heteroatoms. The van der Waals surface area contributed by atoms with E-state index in [2.05, 4.69) is 0 Å². The van der Waals surface area contributed by atoms with Crippen molar-refractivity contribution in [2.45, 2.75) is 26.4 Å². The molecule has 4 N–H and O–H groups in total. The Kier molecular flexibility index (Phi) is 3.89. The summed E-state index contributed by atoms with van der Waals surface area (Å²) in [6, 6.07) is 0. The maximum Gasteiger partial charge on any atom is 0.364 e. The van der Waals surface area contributed by atoms with Gasteiger partial charge in [0.25, 0.3) is 0 Å². The maximum atomic E-state index is 11.2. The molecule has 1 atom stereocenters. The highest BCUT2D eigenvalue weighted by molar-refractivity contribution is 8.27. The molecule has 0 aromatic heterocycles. The van der Waals surface area contributed by atoms with Crippen LogP contribution in [0.15, 0.2) is 0 Å². The van der Waals surface area contributed by atoms with Gasteiger partial charge in [0.1, 0.15) is 5.60 Å². The number of ether oxygens (including phenoxy) is 1. The Labute approximate surface area is 75.2 Å². The van der Waals surface area contributed by atoms with Crippen molar-refractivity contribution in [3.63, 3.8) is 0 Å². The van der Waals surface area contributed by atoms with Crippen LogP contribution in [0.5, 0.6) is 0 Å². The summed E-state index contributed by atoms with van der Waals surface area (Å²) in [5, 5.41) is -0.244. The molecule has 0 heterocycles. The van der Waals surface area contributed by atoms with Gasteiger partial charge in [0.05, 0.1) is 5.11 Å². The number of rotatable bonds is 0. The van der Waals surface area contributed by atoms with Gasteiger partial charge in [0.2, 0.25) is 0 Å². The second kappa shape index (κ2) is 4.02. The standard InChI is InChI=1S/C7H16N2O2S/c1-7(2,3)11-6(10)12(4)5(8)9/h8-9H2,1-4H3. The predicted octanol–water partition coefficient (Wildman–Crippen LogP) is 0.825.